The Morgan fingerprint density at radius 3 is 2.43 bits per heavy atom. The molecule has 118 valence electrons. The Hall–Kier alpha value is -1.92. The Morgan fingerprint density at radius 1 is 1.33 bits per heavy atom. The van der Waals surface area contributed by atoms with Crippen LogP contribution in [0.2, 0.25) is 0 Å². The van der Waals surface area contributed by atoms with Crippen molar-refractivity contribution in [2.45, 2.75) is 38.4 Å². The zero-order valence-corrected chi connectivity index (χ0v) is 11.7. The predicted octanol–water partition coefficient (Wildman–Crippen LogP) is 3.77. The second-order valence-corrected chi connectivity index (χ2v) is 4.63. The molecule has 3 N–H and O–H groups in total. The topological polar surface area (TPSA) is 64.3 Å². The van der Waals surface area contributed by atoms with Gasteiger partial charge in [0.1, 0.15) is 0 Å². The van der Waals surface area contributed by atoms with Crippen molar-refractivity contribution in [1.82, 2.24) is 0 Å². The van der Waals surface area contributed by atoms with Gasteiger partial charge in [-0.05, 0) is 43.5 Å². The van der Waals surface area contributed by atoms with Crippen LogP contribution in [-0.4, -0.2) is 18.7 Å². The fourth-order valence-corrected chi connectivity index (χ4v) is 1.87. The first-order chi connectivity index (χ1) is 9.82. The van der Waals surface area contributed by atoms with Crippen LogP contribution in [0.25, 0.3) is 0 Å². The second-order valence-electron chi connectivity index (χ2n) is 4.63. The lowest BCUT2D eigenvalue weighted by molar-refractivity contribution is -0.137. The first-order valence-corrected chi connectivity index (χ1v) is 6.69. The number of nitrogens with two attached hydrogens (primary N) is 1. The molecular formula is C14H19F3N2O2. The molecule has 1 atom stereocenters. The van der Waals surface area contributed by atoms with Crippen molar-refractivity contribution in [3.05, 3.63) is 29.8 Å². The molecule has 7 heteroatoms. The lowest BCUT2D eigenvalue weighted by Gasteiger charge is -2.18. The number of alkyl halides is 3. The van der Waals surface area contributed by atoms with Crippen LogP contribution >= 0.6 is 0 Å². The van der Waals surface area contributed by atoms with Gasteiger partial charge in [0.2, 0.25) is 0 Å². The molecule has 0 aliphatic carbocycles. The van der Waals surface area contributed by atoms with Crippen LogP contribution in [0.4, 0.5) is 23.7 Å². The number of amides is 1. The second kappa shape index (κ2) is 7.75. The van der Waals surface area contributed by atoms with Crippen molar-refractivity contribution in [1.29, 1.82) is 0 Å². The molecule has 0 spiro atoms. The first-order valence-electron chi connectivity index (χ1n) is 6.69. The minimum absolute atomic E-state index is 0.0956. The van der Waals surface area contributed by atoms with Gasteiger partial charge in [0.05, 0.1) is 12.2 Å². The smallest absolute Gasteiger partial charge is 0.416 e. The molecule has 0 saturated carbocycles. The van der Waals surface area contributed by atoms with Crippen molar-refractivity contribution < 1.29 is 22.7 Å². The van der Waals surface area contributed by atoms with Gasteiger partial charge in [0, 0.05) is 11.7 Å². The van der Waals surface area contributed by atoms with E-state index >= 15 is 0 Å². The van der Waals surface area contributed by atoms with Gasteiger partial charge in [-0.2, -0.15) is 13.2 Å². The van der Waals surface area contributed by atoms with Gasteiger partial charge in [0.25, 0.3) is 0 Å². The molecule has 0 radical (unpaired) electrons. The molecule has 0 unspecified atom stereocenters. The standard InChI is InChI=1S/C14H19F3N2O2/c1-2-11(4-3-9-21-13(18)20)19-12-7-5-10(6-8-12)14(15,16)17/h5-8,11,19H,2-4,9H2,1H3,(H2,18,20)/t11-/m1/s1. The van der Waals surface area contributed by atoms with E-state index in [1.165, 1.54) is 12.1 Å². The largest absolute Gasteiger partial charge is 0.450 e. The van der Waals surface area contributed by atoms with E-state index in [-0.39, 0.29) is 12.6 Å². The maximum atomic E-state index is 12.4. The van der Waals surface area contributed by atoms with E-state index in [1.807, 2.05) is 6.92 Å². The van der Waals surface area contributed by atoms with Crippen molar-refractivity contribution in [3.8, 4) is 0 Å². The van der Waals surface area contributed by atoms with Crippen LogP contribution < -0.4 is 11.1 Å². The maximum Gasteiger partial charge on any atom is 0.416 e. The van der Waals surface area contributed by atoms with E-state index in [0.717, 1.165) is 25.0 Å². The lowest BCUT2D eigenvalue weighted by atomic mass is 10.1. The first kappa shape index (κ1) is 17.1. The van der Waals surface area contributed by atoms with Gasteiger partial charge in [-0.15, -0.1) is 0 Å². The van der Waals surface area contributed by atoms with Crippen LogP contribution in [0.1, 0.15) is 31.7 Å². The van der Waals surface area contributed by atoms with Gasteiger partial charge in [-0.1, -0.05) is 6.92 Å². The van der Waals surface area contributed by atoms with Gasteiger partial charge in [0.15, 0.2) is 0 Å². The van der Waals surface area contributed by atoms with Gasteiger partial charge >= 0.3 is 12.3 Å². The quantitative estimate of drug-likeness (QED) is 0.754. The van der Waals surface area contributed by atoms with E-state index < -0.39 is 17.8 Å². The molecule has 0 heterocycles. The molecule has 0 aromatic heterocycles. The molecule has 1 amide bonds. The molecule has 1 rings (SSSR count). The van der Waals surface area contributed by atoms with E-state index in [4.69, 9.17) is 5.73 Å². The lowest BCUT2D eigenvalue weighted by Crippen LogP contribution is -2.20. The molecule has 0 fully saturated rings. The minimum atomic E-state index is -4.32. The number of ether oxygens (including phenoxy) is 1. The Bertz CT molecular complexity index is 447. The van der Waals surface area contributed by atoms with E-state index in [9.17, 15) is 18.0 Å². The Balaban J connectivity index is 2.47. The fraction of sp³-hybridized carbons (Fsp3) is 0.500. The highest BCUT2D eigenvalue weighted by Crippen LogP contribution is 2.30. The van der Waals surface area contributed by atoms with Crippen molar-refractivity contribution in [2.24, 2.45) is 5.73 Å². The summed E-state index contributed by atoms with van der Waals surface area (Å²) in [6.07, 6.45) is -2.97. The number of rotatable bonds is 7. The normalized spacial score (nSPS) is 12.8. The number of anilines is 1. The number of halogens is 3. The average molecular weight is 304 g/mol. The minimum Gasteiger partial charge on any atom is -0.450 e. The molecule has 4 nitrogen and oxygen atoms in total. The number of hydrogen-bond donors (Lipinski definition) is 2. The molecule has 0 aliphatic heterocycles. The Labute approximate surface area is 121 Å². The van der Waals surface area contributed by atoms with Crippen molar-refractivity contribution in [3.63, 3.8) is 0 Å². The fourth-order valence-electron chi connectivity index (χ4n) is 1.87. The summed E-state index contributed by atoms with van der Waals surface area (Å²) < 4.78 is 42.0. The summed E-state index contributed by atoms with van der Waals surface area (Å²) in [6, 6.07) is 5.01. The molecule has 0 bridgehead atoms. The number of carbonyl (C=O) groups is 1. The highest BCUT2D eigenvalue weighted by molar-refractivity contribution is 5.64. The SMILES string of the molecule is CC[C@H](CCCOC(N)=O)Nc1ccc(C(F)(F)F)cc1. The molecule has 0 aliphatic rings. The maximum absolute atomic E-state index is 12.4. The van der Waals surface area contributed by atoms with Crippen LogP contribution in [0.15, 0.2) is 24.3 Å². The number of hydrogen-bond acceptors (Lipinski definition) is 3. The third-order valence-electron chi connectivity index (χ3n) is 3.02. The highest BCUT2D eigenvalue weighted by atomic mass is 19.4. The summed E-state index contributed by atoms with van der Waals surface area (Å²) in [4.78, 5) is 10.4. The number of primary amides is 1. The van der Waals surface area contributed by atoms with Crippen LogP contribution in [-0.2, 0) is 10.9 Å². The summed E-state index contributed by atoms with van der Waals surface area (Å²) in [6.45, 7) is 2.21. The van der Waals surface area contributed by atoms with Crippen LogP contribution in [0.5, 0.6) is 0 Å². The van der Waals surface area contributed by atoms with Gasteiger partial charge < -0.3 is 15.8 Å². The number of carbonyl (C=O) groups excluding carboxylic acids is 1. The number of nitrogens with one attached hydrogen (secondary N) is 1. The Kier molecular flexibility index (Phi) is 6.33. The van der Waals surface area contributed by atoms with Gasteiger partial charge in [-0.25, -0.2) is 4.79 Å². The number of benzene rings is 1. The summed E-state index contributed by atoms with van der Waals surface area (Å²) in [5.74, 6) is 0. The third-order valence-corrected chi connectivity index (χ3v) is 3.02. The zero-order chi connectivity index (χ0) is 15.9. The zero-order valence-electron chi connectivity index (χ0n) is 11.7. The Morgan fingerprint density at radius 2 is 1.95 bits per heavy atom. The monoisotopic (exact) mass is 304 g/mol. The van der Waals surface area contributed by atoms with Crippen LogP contribution in [0, 0.1) is 0 Å². The van der Waals surface area contributed by atoms with E-state index in [1.54, 1.807) is 0 Å². The molecular weight excluding hydrogens is 285 g/mol. The molecule has 21 heavy (non-hydrogen) atoms. The third kappa shape index (κ3) is 6.37. The summed E-state index contributed by atoms with van der Waals surface area (Å²) in [5, 5.41) is 3.16. The van der Waals surface area contributed by atoms with E-state index in [2.05, 4.69) is 10.1 Å². The summed E-state index contributed by atoms with van der Waals surface area (Å²) in [7, 11) is 0. The summed E-state index contributed by atoms with van der Waals surface area (Å²) in [5.41, 5.74) is 4.81. The predicted molar refractivity (Wildman–Crippen MR) is 73.9 cm³/mol. The van der Waals surface area contributed by atoms with E-state index in [0.29, 0.717) is 12.1 Å². The van der Waals surface area contributed by atoms with Gasteiger partial charge in [-0.3, -0.25) is 0 Å². The molecule has 1 aromatic carbocycles. The van der Waals surface area contributed by atoms with Crippen LogP contribution in [0.3, 0.4) is 0 Å². The van der Waals surface area contributed by atoms with Crippen molar-refractivity contribution in [2.75, 3.05) is 11.9 Å². The molecule has 0 saturated heterocycles. The molecule has 1 aromatic rings. The highest BCUT2D eigenvalue weighted by Gasteiger charge is 2.29. The average Bonchev–Trinajstić information content (AvgIpc) is 2.41. The summed E-state index contributed by atoms with van der Waals surface area (Å²) >= 11 is 0. The van der Waals surface area contributed by atoms with Crippen molar-refractivity contribution >= 4 is 11.8 Å².